The van der Waals surface area contributed by atoms with Crippen molar-refractivity contribution in [2.75, 3.05) is 39.5 Å². The number of nitriles is 1. The highest BCUT2D eigenvalue weighted by Gasteiger charge is 2.26. The summed E-state index contributed by atoms with van der Waals surface area (Å²) in [6, 6.07) is 9.65. The lowest BCUT2D eigenvalue weighted by atomic mass is 9.92. The van der Waals surface area contributed by atoms with Crippen LogP contribution in [0.3, 0.4) is 0 Å². The molecule has 6 heteroatoms. The predicted molar refractivity (Wildman–Crippen MR) is 118 cm³/mol. The third-order valence-electron chi connectivity index (χ3n) is 5.67. The topological polar surface area (TPSA) is 70.2 Å². The Balaban J connectivity index is 1.68. The summed E-state index contributed by atoms with van der Waals surface area (Å²) in [7, 11) is 0. The molecule has 0 radical (unpaired) electrons. The first-order valence-corrected chi connectivity index (χ1v) is 10.7. The Labute approximate surface area is 178 Å². The third-order valence-corrected chi connectivity index (χ3v) is 5.67. The number of nitrogens with zero attached hydrogens (tertiary/aromatic N) is 4. The molecule has 6 nitrogen and oxygen atoms in total. The summed E-state index contributed by atoms with van der Waals surface area (Å²) in [5, 5.41) is 9.12. The van der Waals surface area contributed by atoms with E-state index in [1.807, 2.05) is 24.3 Å². The summed E-state index contributed by atoms with van der Waals surface area (Å²) in [6.07, 6.45) is 5.84. The van der Waals surface area contributed by atoms with Crippen LogP contribution in [0.5, 0.6) is 0 Å². The fourth-order valence-electron chi connectivity index (χ4n) is 4.01. The highest BCUT2D eigenvalue weighted by Crippen LogP contribution is 2.32. The van der Waals surface area contributed by atoms with Crippen molar-refractivity contribution in [2.24, 2.45) is 9.98 Å². The first-order chi connectivity index (χ1) is 14.7. The van der Waals surface area contributed by atoms with E-state index in [1.54, 1.807) is 0 Å². The summed E-state index contributed by atoms with van der Waals surface area (Å²) in [5.41, 5.74) is 5.08. The zero-order valence-corrected chi connectivity index (χ0v) is 17.3. The van der Waals surface area contributed by atoms with Gasteiger partial charge < -0.3 is 14.4 Å². The van der Waals surface area contributed by atoms with E-state index in [0.717, 1.165) is 68.4 Å². The van der Waals surface area contributed by atoms with Crippen molar-refractivity contribution < 1.29 is 9.47 Å². The van der Waals surface area contributed by atoms with Crippen molar-refractivity contribution in [3.63, 3.8) is 0 Å². The average Bonchev–Trinajstić information content (AvgIpc) is 2.93. The van der Waals surface area contributed by atoms with Gasteiger partial charge in [0.15, 0.2) is 0 Å². The molecule has 156 valence electrons. The molecule has 1 saturated heterocycles. The SMILES string of the molecule is C=C1CC(C2=CCCOCCC2)=NC(N2CCOCC2)=NC1c1ccc(C#N)cc1. The minimum Gasteiger partial charge on any atom is -0.381 e. The number of aliphatic imine (C=N–C) groups is 2. The highest BCUT2D eigenvalue weighted by atomic mass is 16.5. The van der Waals surface area contributed by atoms with Gasteiger partial charge in [-0.15, -0.1) is 0 Å². The zero-order valence-electron chi connectivity index (χ0n) is 17.3. The van der Waals surface area contributed by atoms with Crippen LogP contribution in [0.25, 0.3) is 0 Å². The second kappa shape index (κ2) is 9.84. The second-order valence-corrected chi connectivity index (χ2v) is 7.79. The molecule has 1 fully saturated rings. The van der Waals surface area contributed by atoms with Gasteiger partial charge in [0.1, 0.15) is 0 Å². The van der Waals surface area contributed by atoms with Gasteiger partial charge in [0.2, 0.25) is 5.96 Å². The fraction of sp³-hybridized carbons (Fsp3) is 0.458. The van der Waals surface area contributed by atoms with Crippen molar-refractivity contribution in [2.45, 2.75) is 31.7 Å². The number of hydrogen-bond donors (Lipinski definition) is 0. The van der Waals surface area contributed by atoms with Gasteiger partial charge in [-0.05, 0) is 48.1 Å². The first-order valence-electron chi connectivity index (χ1n) is 10.7. The molecule has 0 amide bonds. The van der Waals surface area contributed by atoms with E-state index in [9.17, 15) is 0 Å². The largest absolute Gasteiger partial charge is 0.381 e. The summed E-state index contributed by atoms with van der Waals surface area (Å²) in [6.45, 7) is 8.90. The Hall–Kier alpha value is -2.75. The molecule has 1 unspecified atom stereocenters. The molecule has 1 aromatic rings. The molecule has 0 aromatic heterocycles. The van der Waals surface area contributed by atoms with E-state index in [4.69, 9.17) is 24.7 Å². The minimum atomic E-state index is -0.172. The van der Waals surface area contributed by atoms with Crippen molar-refractivity contribution >= 4 is 11.7 Å². The van der Waals surface area contributed by atoms with Crippen LogP contribution in [0.15, 0.2) is 58.1 Å². The molecule has 0 spiro atoms. The maximum absolute atomic E-state index is 9.12. The maximum atomic E-state index is 9.12. The Morgan fingerprint density at radius 1 is 1.07 bits per heavy atom. The lowest BCUT2D eigenvalue weighted by Gasteiger charge is -2.28. The standard InChI is InChI=1S/C24H28N4O2/c1-18-16-22(20-4-2-12-29-13-3-5-20)26-24(28-10-14-30-15-11-28)27-23(18)21-8-6-19(17-25)7-9-21/h4,6-9,23H,1-3,5,10-16H2. The van der Waals surface area contributed by atoms with Gasteiger partial charge in [0.25, 0.3) is 0 Å². The number of benzene rings is 1. The van der Waals surface area contributed by atoms with Crippen LogP contribution in [0, 0.1) is 11.3 Å². The predicted octanol–water partition coefficient (Wildman–Crippen LogP) is 3.82. The molecule has 1 atom stereocenters. The van der Waals surface area contributed by atoms with Gasteiger partial charge in [0.05, 0.1) is 43.2 Å². The van der Waals surface area contributed by atoms with E-state index >= 15 is 0 Å². The van der Waals surface area contributed by atoms with Crippen LogP contribution in [-0.2, 0) is 9.47 Å². The molecule has 1 aromatic carbocycles. The summed E-state index contributed by atoms with van der Waals surface area (Å²) < 4.78 is 11.1. The van der Waals surface area contributed by atoms with E-state index in [0.29, 0.717) is 25.2 Å². The van der Waals surface area contributed by atoms with Crippen molar-refractivity contribution in [3.05, 3.63) is 59.2 Å². The normalized spacial score (nSPS) is 23.3. The Morgan fingerprint density at radius 2 is 1.83 bits per heavy atom. The molecule has 30 heavy (non-hydrogen) atoms. The Kier molecular flexibility index (Phi) is 6.73. The summed E-state index contributed by atoms with van der Waals surface area (Å²) >= 11 is 0. The Bertz CT molecular complexity index is 902. The van der Waals surface area contributed by atoms with E-state index in [1.165, 1.54) is 5.57 Å². The lowest BCUT2D eigenvalue weighted by Crippen LogP contribution is -2.40. The van der Waals surface area contributed by atoms with Gasteiger partial charge in [-0.25, -0.2) is 9.98 Å². The maximum Gasteiger partial charge on any atom is 0.221 e. The second-order valence-electron chi connectivity index (χ2n) is 7.79. The van der Waals surface area contributed by atoms with E-state index < -0.39 is 0 Å². The fourth-order valence-corrected chi connectivity index (χ4v) is 4.01. The van der Waals surface area contributed by atoms with E-state index in [-0.39, 0.29) is 6.04 Å². The number of ether oxygens (including phenoxy) is 2. The van der Waals surface area contributed by atoms with Crippen LogP contribution >= 0.6 is 0 Å². The molecule has 0 saturated carbocycles. The number of guanidine groups is 1. The van der Waals surface area contributed by atoms with Gasteiger partial charge in [-0.2, -0.15) is 5.26 Å². The first kappa shape index (κ1) is 20.5. The van der Waals surface area contributed by atoms with Crippen LogP contribution in [0.1, 0.15) is 42.9 Å². The van der Waals surface area contributed by atoms with Crippen LogP contribution in [0.4, 0.5) is 0 Å². The number of rotatable bonds is 2. The third kappa shape index (κ3) is 4.86. The summed E-state index contributed by atoms with van der Waals surface area (Å²) in [4.78, 5) is 12.3. The molecule has 0 aliphatic carbocycles. The van der Waals surface area contributed by atoms with Crippen molar-refractivity contribution in [3.8, 4) is 6.07 Å². The zero-order chi connectivity index (χ0) is 20.8. The molecule has 3 aliphatic heterocycles. The average molecular weight is 405 g/mol. The molecule has 3 aliphatic rings. The molecular weight excluding hydrogens is 376 g/mol. The number of morpholine rings is 1. The minimum absolute atomic E-state index is 0.172. The smallest absolute Gasteiger partial charge is 0.221 e. The van der Waals surface area contributed by atoms with Gasteiger partial charge in [0, 0.05) is 26.1 Å². The molecule has 3 heterocycles. The summed E-state index contributed by atoms with van der Waals surface area (Å²) in [5.74, 6) is 0.764. The van der Waals surface area contributed by atoms with Crippen LogP contribution in [0.2, 0.25) is 0 Å². The number of allylic oxidation sites excluding steroid dienone is 1. The molecule has 0 bridgehead atoms. The van der Waals surface area contributed by atoms with Crippen LogP contribution < -0.4 is 0 Å². The van der Waals surface area contributed by atoms with Crippen molar-refractivity contribution in [1.82, 2.24) is 4.90 Å². The lowest BCUT2D eigenvalue weighted by molar-refractivity contribution is 0.0674. The quantitative estimate of drug-likeness (QED) is 0.703. The molecule has 0 N–H and O–H groups in total. The highest BCUT2D eigenvalue weighted by molar-refractivity contribution is 6.08. The van der Waals surface area contributed by atoms with Crippen LogP contribution in [-0.4, -0.2) is 56.1 Å². The van der Waals surface area contributed by atoms with Gasteiger partial charge in [-0.1, -0.05) is 24.8 Å². The van der Waals surface area contributed by atoms with Gasteiger partial charge >= 0.3 is 0 Å². The molecular formula is C24H28N4O2. The van der Waals surface area contributed by atoms with Gasteiger partial charge in [-0.3, -0.25) is 0 Å². The van der Waals surface area contributed by atoms with Crippen molar-refractivity contribution in [1.29, 1.82) is 5.26 Å². The van der Waals surface area contributed by atoms with E-state index in [2.05, 4.69) is 23.6 Å². The molecule has 4 rings (SSSR count). The number of hydrogen-bond acceptors (Lipinski definition) is 6. The Morgan fingerprint density at radius 3 is 2.60 bits per heavy atom. The monoisotopic (exact) mass is 404 g/mol.